The van der Waals surface area contributed by atoms with Crippen molar-refractivity contribution in [3.05, 3.63) is 35.9 Å². The molecule has 0 spiro atoms. The van der Waals surface area contributed by atoms with Gasteiger partial charge < -0.3 is 0 Å². The molecule has 0 heterocycles. The molecule has 1 atom stereocenters. The Kier molecular flexibility index (Phi) is 4.72. The van der Waals surface area contributed by atoms with Gasteiger partial charge in [-0.25, -0.2) is 0 Å². The van der Waals surface area contributed by atoms with Crippen LogP contribution in [-0.4, -0.2) is 0 Å². The molecule has 0 aliphatic carbocycles. The molecule has 0 saturated heterocycles. The van der Waals surface area contributed by atoms with Gasteiger partial charge in [-0.2, -0.15) is 0 Å². The Morgan fingerprint density at radius 2 is 1.64 bits per heavy atom. The van der Waals surface area contributed by atoms with Crippen molar-refractivity contribution in [3.8, 4) is 0 Å². The van der Waals surface area contributed by atoms with Gasteiger partial charge in [-0.05, 0) is 30.2 Å². The van der Waals surface area contributed by atoms with Crippen LogP contribution in [0.5, 0.6) is 0 Å². The fraction of sp³-hybridized carbons (Fsp3) is 0.571. The van der Waals surface area contributed by atoms with Crippen molar-refractivity contribution < 1.29 is 0 Å². The van der Waals surface area contributed by atoms with E-state index in [1.165, 1.54) is 24.8 Å². The Labute approximate surface area is 88.4 Å². The summed E-state index contributed by atoms with van der Waals surface area (Å²) in [4.78, 5) is 0. The Morgan fingerprint density at radius 1 is 1.00 bits per heavy atom. The monoisotopic (exact) mass is 190 g/mol. The first-order valence-corrected chi connectivity index (χ1v) is 5.74. The van der Waals surface area contributed by atoms with E-state index in [0.29, 0.717) is 0 Å². The lowest BCUT2D eigenvalue weighted by atomic mass is 9.92. The lowest BCUT2D eigenvalue weighted by Crippen LogP contribution is -2.03. The Bertz CT molecular complexity index is 235. The van der Waals surface area contributed by atoms with Gasteiger partial charge in [0.2, 0.25) is 0 Å². The lowest BCUT2D eigenvalue weighted by molar-refractivity contribution is 0.382. The summed E-state index contributed by atoms with van der Waals surface area (Å²) in [7, 11) is 0. The molecule has 0 heteroatoms. The first-order chi connectivity index (χ1) is 6.70. The maximum Gasteiger partial charge on any atom is -0.0279 e. The van der Waals surface area contributed by atoms with Gasteiger partial charge in [-0.1, -0.05) is 57.5 Å². The van der Waals surface area contributed by atoms with E-state index in [2.05, 4.69) is 51.1 Å². The molecule has 0 saturated carbocycles. The second-order valence-electron chi connectivity index (χ2n) is 4.60. The summed E-state index contributed by atoms with van der Waals surface area (Å²) < 4.78 is 0. The Morgan fingerprint density at radius 3 is 2.21 bits per heavy atom. The molecular weight excluding hydrogens is 168 g/mol. The molecule has 0 unspecified atom stereocenters. The van der Waals surface area contributed by atoms with E-state index < -0.39 is 0 Å². The molecule has 14 heavy (non-hydrogen) atoms. The van der Waals surface area contributed by atoms with Crippen molar-refractivity contribution in [2.45, 2.75) is 40.0 Å². The largest absolute Gasteiger partial charge is 0.0625 e. The van der Waals surface area contributed by atoms with E-state index in [1.54, 1.807) is 0 Å². The molecule has 1 rings (SSSR count). The van der Waals surface area contributed by atoms with Crippen LogP contribution in [0.15, 0.2) is 30.3 Å². The molecular formula is C14H22. The zero-order valence-corrected chi connectivity index (χ0v) is 9.66. The second-order valence-corrected chi connectivity index (χ2v) is 4.60. The van der Waals surface area contributed by atoms with E-state index in [0.717, 1.165) is 11.8 Å². The third-order valence-corrected chi connectivity index (χ3v) is 3.11. The molecule has 0 fully saturated rings. The molecule has 0 bridgehead atoms. The molecule has 0 radical (unpaired) electrons. The van der Waals surface area contributed by atoms with Crippen LogP contribution in [0.1, 0.15) is 39.2 Å². The zero-order chi connectivity index (χ0) is 10.4. The highest BCUT2D eigenvalue weighted by molar-refractivity contribution is 5.14. The van der Waals surface area contributed by atoms with Gasteiger partial charge in [0.25, 0.3) is 0 Å². The van der Waals surface area contributed by atoms with E-state index in [1.807, 2.05) is 0 Å². The number of benzene rings is 1. The average Bonchev–Trinajstić information content (AvgIpc) is 2.19. The predicted molar refractivity (Wildman–Crippen MR) is 63.4 cm³/mol. The van der Waals surface area contributed by atoms with E-state index in [-0.39, 0.29) is 0 Å². The summed E-state index contributed by atoms with van der Waals surface area (Å²) in [6.07, 6.45) is 3.91. The molecule has 78 valence electrons. The molecule has 0 aliphatic heterocycles. The molecule has 1 aromatic rings. The van der Waals surface area contributed by atoms with Crippen molar-refractivity contribution in [2.24, 2.45) is 11.8 Å². The van der Waals surface area contributed by atoms with Crippen molar-refractivity contribution in [1.82, 2.24) is 0 Å². The van der Waals surface area contributed by atoms with Crippen molar-refractivity contribution in [1.29, 1.82) is 0 Å². The molecule has 0 aliphatic rings. The van der Waals surface area contributed by atoms with Crippen molar-refractivity contribution in [3.63, 3.8) is 0 Å². The SMILES string of the molecule is CC(C)[C@H](C)CCCc1ccccc1. The summed E-state index contributed by atoms with van der Waals surface area (Å²) in [5, 5.41) is 0. The maximum atomic E-state index is 2.36. The number of aryl methyl sites for hydroxylation is 1. The van der Waals surface area contributed by atoms with Gasteiger partial charge in [0.1, 0.15) is 0 Å². The summed E-state index contributed by atoms with van der Waals surface area (Å²) in [5.74, 6) is 1.68. The number of rotatable bonds is 5. The fourth-order valence-corrected chi connectivity index (χ4v) is 1.61. The number of hydrogen-bond acceptors (Lipinski definition) is 0. The van der Waals surface area contributed by atoms with Crippen molar-refractivity contribution >= 4 is 0 Å². The summed E-state index contributed by atoms with van der Waals surface area (Å²) in [6.45, 7) is 6.98. The van der Waals surface area contributed by atoms with Crippen LogP contribution in [0.2, 0.25) is 0 Å². The maximum absolute atomic E-state index is 2.36. The molecule has 0 amide bonds. The van der Waals surface area contributed by atoms with Gasteiger partial charge in [0.05, 0.1) is 0 Å². The topological polar surface area (TPSA) is 0 Å². The van der Waals surface area contributed by atoms with Crippen LogP contribution in [0.3, 0.4) is 0 Å². The van der Waals surface area contributed by atoms with Gasteiger partial charge in [-0.3, -0.25) is 0 Å². The van der Waals surface area contributed by atoms with Crippen LogP contribution in [0.25, 0.3) is 0 Å². The highest BCUT2D eigenvalue weighted by Gasteiger charge is 2.05. The van der Waals surface area contributed by atoms with Crippen molar-refractivity contribution in [2.75, 3.05) is 0 Å². The summed E-state index contributed by atoms with van der Waals surface area (Å²) >= 11 is 0. The van der Waals surface area contributed by atoms with Crippen LogP contribution in [-0.2, 0) is 6.42 Å². The molecule has 0 aromatic heterocycles. The standard InChI is InChI=1S/C14H22/c1-12(2)13(3)8-7-11-14-9-5-4-6-10-14/h4-6,9-10,12-13H,7-8,11H2,1-3H3/t13-/m1/s1. The smallest absolute Gasteiger partial charge is 0.0279 e. The van der Waals surface area contributed by atoms with Crippen LogP contribution in [0.4, 0.5) is 0 Å². The van der Waals surface area contributed by atoms with Crippen LogP contribution in [0, 0.1) is 11.8 Å². The summed E-state index contributed by atoms with van der Waals surface area (Å²) in [5.41, 5.74) is 1.48. The normalized spacial score (nSPS) is 13.1. The van der Waals surface area contributed by atoms with Gasteiger partial charge in [0, 0.05) is 0 Å². The highest BCUT2D eigenvalue weighted by atomic mass is 14.1. The highest BCUT2D eigenvalue weighted by Crippen LogP contribution is 2.17. The van der Waals surface area contributed by atoms with E-state index in [4.69, 9.17) is 0 Å². The average molecular weight is 190 g/mol. The first-order valence-electron chi connectivity index (χ1n) is 5.74. The third kappa shape index (κ3) is 3.95. The quantitative estimate of drug-likeness (QED) is 0.649. The molecule has 0 nitrogen and oxygen atoms in total. The predicted octanol–water partition coefficient (Wildman–Crippen LogP) is 4.30. The number of hydrogen-bond donors (Lipinski definition) is 0. The van der Waals surface area contributed by atoms with Gasteiger partial charge in [0.15, 0.2) is 0 Å². The van der Waals surface area contributed by atoms with E-state index in [9.17, 15) is 0 Å². The third-order valence-electron chi connectivity index (χ3n) is 3.11. The second kappa shape index (κ2) is 5.85. The van der Waals surface area contributed by atoms with Gasteiger partial charge >= 0.3 is 0 Å². The van der Waals surface area contributed by atoms with Gasteiger partial charge in [-0.15, -0.1) is 0 Å². The first kappa shape index (κ1) is 11.3. The lowest BCUT2D eigenvalue weighted by Gasteiger charge is -2.14. The zero-order valence-electron chi connectivity index (χ0n) is 9.66. The Hall–Kier alpha value is -0.780. The Balaban J connectivity index is 2.22. The van der Waals surface area contributed by atoms with Crippen LogP contribution >= 0.6 is 0 Å². The molecule has 1 aromatic carbocycles. The summed E-state index contributed by atoms with van der Waals surface area (Å²) in [6, 6.07) is 10.8. The van der Waals surface area contributed by atoms with E-state index >= 15 is 0 Å². The van der Waals surface area contributed by atoms with Crippen LogP contribution < -0.4 is 0 Å². The minimum Gasteiger partial charge on any atom is -0.0625 e. The minimum absolute atomic E-state index is 0.825. The molecule has 0 N–H and O–H groups in total. The fourth-order valence-electron chi connectivity index (χ4n) is 1.61. The minimum atomic E-state index is 0.825.